The Bertz CT molecular complexity index is 1520. The first kappa shape index (κ1) is 24.0. The van der Waals surface area contributed by atoms with Crippen molar-refractivity contribution in [3.63, 3.8) is 0 Å². The Morgan fingerprint density at radius 3 is 2.81 bits per heavy atom. The number of aromatic nitrogens is 3. The van der Waals surface area contributed by atoms with Crippen molar-refractivity contribution in [2.75, 3.05) is 19.8 Å². The van der Waals surface area contributed by atoms with Crippen LogP contribution in [0.15, 0.2) is 65.8 Å². The Kier molecular flexibility index (Phi) is 6.77. The third-order valence-corrected chi connectivity index (χ3v) is 7.16. The van der Waals surface area contributed by atoms with Gasteiger partial charge in [0, 0.05) is 12.5 Å². The Balaban J connectivity index is 1.32. The number of carbonyl (C=O) groups excluding carboxylic acids is 1. The molecule has 0 radical (unpaired) electrons. The molecule has 186 valence electrons. The van der Waals surface area contributed by atoms with Gasteiger partial charge in [-0.25, -0.2) is 18.1 Å². The Hall–Kier alpha value is -3.67. The van der Waals surface area contributed by atoms with Crippen LogP contribution in [0.2, 0.25) is 5.02 Å². The highest BCUT2D eigenvalue weighted by Crippen LogP contribution is 2.31. The average Bonchev–Trinajstić information content (AvgIpc) is 3.56. The lowest BCUT2D eigenvalue weighted by molar-refractivity contribution is 0.0979. The topological polar surface area (TPSA) is 132 Å². The van der Waals surface area contributed by atoms with Gasteiger partial charge in [-0.05, 0) is 36.8 Å². The quantitative estimate of drug-likeness (QED) is 0.351. The van der Waals surface area contributed by atoms with Gasteiger partial charge < -0.3 is 14.2 Å². The number of nitrogens with zero attached hydrogens (tertiary/aromatic N) is 2. The predicted octanol–water partition coefficient (Wildman–Crippen LogP) is 3.94. The van der Waals surface area contributed by atoms with E-state index in [-0.39, 0.29) is 33.0 Å². The summed E-state index contributed by atoms with van der Waals surface area (Å²) in [4.78, 5) is 16.7. The van der Waals surface area contributed by atoms with Crippen molar-refractivity contribution in [1.29, 1.82) is 0 Å². The van der Waals surface area contributed by atoms with Gasteiger partial charge in [-0.15, -0.1) is 0 Å². The maximum absolute atomic E-state index is 13.0. The van der Waals surface area contributed by atoms with Gasteiger partial charge in [0.25, 0.3) is 15.9 Å². The Morgan fingerprint density at radius 2 is 2.00 bits per heavy atom. The van der Waals surface area contributed by atoms with Crippen LogP contribution < -0.4 is 14.2 Å². The molecule has 0 spiro atoms. The number of para-hydroxylation sites is 1. The monoisotopic (exact) mass is 528 g/mol. The first-order chi connectivity index (χ1) is 17.4. The summed E-state index contributed by atoms with van der Waals surface area (Å²) in [5, 5.41) is 7.56. The lowest BCUT2D eigenvalue weighted by Gasteiger charge is -2.13. The molecule has 1 aliphatic heterocycles. The third-order valence-electron chi connectivity index (χ3n) is 5.60. The molecule has 2 aromatic heterocycles. The number of H-pyrrole nitrogens is 1. The highest BCUT2D eigenvalue weighted by molar-refractivity contribution is 7.90. The number of aromatic amines is 1. The fraction of sp³-hybridized carbons (Fsp3) is 0.208. The average molecular weight is 529 g/mol. The minimum Gasteiger partial charge on any atom is -0.476 e. The molecule has 10 nitrogen and oxygen atoms in total. The van der Waals surface area contributed by atoms with Crippen LogP contribution in [0, 0.1) is 5.92 Å². The van der Waals surface area contributed by atoms with Crippen LogP contribution in [0.3, 0.4) is 0 Å². The van der Waals surface area contributed by atoms with Crippen molar-refractivity contribution < 1.29 is 27.4 Å². The van der Waals surface area contributed by atoms with Crippen LogP contribution in [0.25, 0.3) is 10.9 Å². The van der Waals surface area contributed by atoms with Gasteiger partial charge in [0.15, 0.2) is 0 Å². The molecule has 2 aromatic carbocycles. The highest BCUT2D eigenvalue weighted by atomic mass is 35.5. The molecule has 2 N–H and O–H groups in total. The number of nitrogens with one attached hydrogen (secondary N) is 2. The summed E-state index contributed by atoms with van der Waals surface area (Å²) >= 11 is 6.20. The second kappa shape index (κ2) is 10.1. The van der Waals surface area contributed by atoms with Gasteiger partial charge in [0.1, 0.15) is 21.4 Å². The molecule has 1 unspecified atom stereocenters. The second-order valence-electron chi connectivity index (χ2n) is 8.12. The van der Waals surface area contributed by atoms with Crippen LogP contribution >= 0.6 is 11.6 Å². The number of halogens is 1. The van der Waals surface area contributed by atoms with E-state index in [4.69, 9.17) is 25.8 Å². The summed E-state index contributed by atoms with van der Waals surface area (Å²) in [6.07, 6.45) is 3.56. The molecule has 0 aliphatic carbocycles. The first-order valence-electron chi connectivity index (χ1n) is 11.0. The molecule has 1 fully saturated rings. The number of amides is 1. The van der Waals surface area contributed by atoms with E-state index in [1.807, 2.05) is 10.8 Å². The standard InChI is InChI=1S/C24H21ClN4O6S/c25-19-10-16(11-26-24(19)34-14-15-8-9-33-13-15)36(31,32)29-23(30)17-4-1-2-6-21(17)35-22-7-3-5-20-18(22)12-27-28-20/h1-7,10-12,15H,8-9,13-14H2,(H,27,28)(H,29,30). The molecule has 1 atom stereocenters. The Labute approximate surface area is 211 Å². The van der Waals surface area contributed by atoms with E-state index in [9.17, 15) is 13.2 Å². The molecular formula is C24H21ClN4O6S. The van der Waals surface area contributed by atoms with Gasteiger partial charge in [-0.2, -0.15) is 5.10 Å². The molecule has 1 saturated heterocycles. The number of ether oxygens (including phenoxy) is 3. The van der Waals surface area contributed by atoms with E-state index in [1.54, 1.807) is 36.5 Å². The van der Waals surface area contributed by atoms with E-state index >= 15 is 0 Å². The van der Waals surface area contributed by atoms with E-state index < -0.39 is 15.9 Å². The number of benzene rings is 2. The number of hydrogen-bond donors (Lipinski definition) is 2. The maximum atomic E-state index is 13.0. The lowest BCUT2D eigenvalue weighted by atomic mass is 10.1. The number of pyridine rings is 1. The smallest absolute Gasteiger partial charge is 0.268 e. The molecule has 0 saturated carbocycles. The molecule has 12 heteroatoms. The van der Waals surface area contributed by atoms with Crippen molar-refractivity contribution in [1.82, 2.24) is 19.9 Å². The second-order valence-corrected chi connectivity index (χ2v) is 10.2. The summed E-state index contributed by atoms with van der Waals surface area (Å²) in [5.74, 6) is 0.104. The molecule has 0 bridgehead atoms. The number of hydrogen-bond acceptors (Lipinski definition) is 8. The number of carbonyl (C=O) groups is 1. The van der Waals surface area contributed by atoms with Gasteiger partial charge in [0.2, 0.25) is 5.88 Å². The zero-order valence-corrected chi connectivity index (χ0v) is 20.4. The molecule has 5 rings (SSSR count). The highest BCUT2D eigenvalue weighted by Gasteiger charge is 2.24. The number of sulfonamides is 1. The van der Waals surface area contributed by atoms with Crippen molar-refractivity contribution in [2.24, 2.45) is 5.92 Å². The summed E-state index contributed by atoms with van der Waals surface area (Å²) in [5.41, 5.74) is 0.782. The largest absolute Gasteiger partial charge is 0.476 e. The van der Waals surface area contributed by atoms with E-state index in [0.29, 0.717) is 31.0 Å². The van der Waals surface area contributed by atoms with Crippen LogP contribution in [0.4, 0.5) is 0 Å². The zero-order valence-electron chi connectivity index (χ0n) is 18.8. The fourth-order valence-electron chi connectivity index (χ4n) is 3.70. The van der Waals surface area contributed by atoms with Crippen molar-refractivity contribution in [3.05, 3.63) is 71.5 Å². The summed E-state index contributed by atoms with van der Waals surface area (Å²) in [7, 11) is -4.29. The van der Waals surface area contributed by atoms with Crippen LogP contribution in [0.5, 0.6) is 17.4 Å². The SMILES string of the molecule is O=C(NS(=O)(=O)c1cnc(OCC2CCOC2)c(Cl)c1)c1ccccc1Oc1cccc2[nH]ncc12. The van der Waals surface area contributed by atoms with Gasteiger partial charge in [-0.1, -0.05) is 29.8 Å². The molecular weight excluding hydrogens is 508 g/mol. The van der Waals surface area contributed by atoms with Crippen LogP contribution in [0.1, 0.15) is 16.8 Å². The summed E-state index contributed by atoms with van der Waals surface area (Å²) < 4.78 is 44.7. The van der Waals surface area contributed by atoms with E-state index in [1.165, 1.54) is 12.1 Å². The molecule has 4 aromatic rings. The normalized spacial score (nSPS) is 15.6. The number of fused-ring (bicyclic) bond motifs is 1. The predicted molar refractivity (Wildman–Crippen MR) is 131 cm³/mol. The lowest BCUT2D eigenvalue weighted by Crippen LogP contribution is -2.31. The summed E-state index contributed by atoms with van der Waals surface area (Å²) in [6.45, 7) is 1.64. The van der Waals surface area contributed by atoms with Gasteiger partial charge >= 0.3 is 0 Å². The number of rotatable bonds is 8. The molecule has 36 heavy (non-hydrogen) atoms. The first-order valence-corrected chi connectivity index (χ1v) is 12.9. The minimum atomic E-state index is -4.29. The van der Waals surface area contributed by atoms with Gasteiger partial charge in [0.05, 0.1) is 42.1 Å². The Morgan fingerprint density at radius 1 is 1.17 bits per heavy atom. The van der Waals surface area contributed by atoms with Crippen molar-refractivity contribution in [3.8, 4) is 17.4 Å². The zero-order chi connectivity index (χ0) is 25.1. The molecule has 1 amide bonds. The van der Waals surface area contributed by atoms with Gasteiger partial charge in [-0.3, -0.25) is 9.89 Å². The maximum Gasteiger partial charge on any atom is 0.268 e. The third kappa shape index (κ3) is 5.13. The van der Waals surface area contributed by atoms with E-state index in [2.05, 4.69) is 15.2 Å². The van der Waals surface area contributed by atoms with Crippen LogP contribution in [-0.2, 0) is 14.8 Å². The molecule has 1 aliphatic rings. The van der Waals surface area contributed by atoms with Crippen LogP contribution in [-0.4, -0.2) is 49.3 Å². The van der Waals surface area contributed by atoms with E-state index in [0.717, 1.165) is 18.1 Å². The van der Waals surface area contributed by atoms with Crippen molar-refractivity contribution in [2.45, 2.75) is 11.3 Å². The fourth-order valence-corrected chi connectivity index (χ4v) is 4.92. The summed E-state index contributed by atoms with van der Waals surface area (Å²) in [6, 6.07) is 12.8. The molecule has 3 heterocycles. The van der Waals surface area contributed by atoms with Crippen molar-refractivity contribution >= 4 is 38.4 Å². The minimum absolute atomic E-state index is 0.0150.